The fourth-order valence-electron chi connectivity index (χ4n) is 2.32. The largest absolute Gasteiger partial charge is 0.455 e. The molecule has 0 fully saturated rings. The van der Waals surface area contributed by atoms with Crippen molar-refractivity contribution in [2.45, 2.75) is 6.92 Å². The number of hydrogen-bond donors (Lipinski definition) is 2. The van der Waals surface area contributed by atoms with Crippen molar-refractivity contribution in [3.63, 3.8) is 0 Å². The van der Waals surface area contributed by atoms with Crippen molar-refractivity contribution < 1.29 is 14.0 Å². The minimum Gasteiger partial charge on any atom is -0.455 e. The molecule has 6 nitrogen and oxygen atoms in total. The summed E-state index contributed by atoms with van der Waals surface area (Å²) in [6.07, 6.45) is 1.42. The topological polar surface area (TPSA) is 83.7 Å². The quantitative estimate of drug-likeness (QED) is 0.510. The van der Waals surface area contributed by atoms with Crippen LogP contribution in [0.2, 0.25) is 5.02 Å². The molecule has 3 aromatic rings. The van der Waals surface area contributed by atoms with Gasteiger partial charge in [-0.25, -0.2) is 5.43 Å². The van der Waals surface area contributed by atoms with Crippen LogP contribution in [0.3, 0.4) is 0 Å². The lowest BCUT2D eigenvalue weighted by molar-refractivity contribution is -0.114. The van der Waals surface area contributed by atoms with Crippen LogP contribution in [0.1, 0.15) is 23.0 Å². The molecule has 7 heteroatoms. The zero-order valence-corrected chi connectivity index (χ0v) is 15.2. The molecular weight excluding hydrogens is 366 g/mol. The summed E-state index contributed by atoms with van der Waals surface area (Å²) in [5.41, 5.74) is 4.36. The fraction of sp³-hybridized carbons (Fsp3) is 0.0500. The molecule has 0 unspecified atom stereocenters. The number of carbonyl (C=O) groups is 2. The number of hydrazone groups is 1. The average molecular weight is 382 g/mol. The van der Waals surface area contributed by atoms with Gasteiger partial charge in [-0.3, -0.25) is 9.59 Å². The van der Waals surface area contributed by atoms with E-state index in [9.17, 15) is 9.59 Å². The lowest BCUT2D eigenvalue weighted by Crippen LogP contribution is -2.17. The zero-order valence-electron chi connectivity index (χ0n) is 14.4. The van der Waals surface area contributed by atoms with Gasteiger partial charge in [0.05, 0.1) is 6.21 Å². The highest BCUT2D eigenvalue weighted by molar-refractivity contribution is 6.30. The highest BCUT2D eigenvalue weighted by Gasteiger charge is 2.06. The Balaban J connectivity index is 1.59. The first-order chi connectivity index (χ1) is 13.0. The summed E-state index contributed by atoms with van der Waals surface area (Å²) in [4.78, 5) is 23.1. The van der Waals surface area contributed by atoms with E-state index in [2.05, 4.69) is 15.8 Å². The van der Waals surface area contributed by atoms with E-state index >= 15 is 0 Å². The number of carbonyl (C=O) groups excluding carboxylic acids is 2. The molecule has 0 aliphatic heterocycles. The Kier molecular flexibility index (Phi) is 5.68. The molecular formula is C20H16ClN3O3. The van der Waals surface area contributed by atoms with Crippen LogP contribution in [0.25, 0.3) is 11.3 Å². The Morgan fingerprint density at radius 2 is 1.70 bits per heavy atom. The van der Waals surface area contributed by atoms with Crippen LogP contribution in [-0.2, 0) is 4.79 Å². The maximum absolute atomic E-state index is 12.1. The molecule has 2 N–H and O–H groups in total. The van der Waals surface area contributed by atoms with Crippen LogP contribution in [0.4, 0.5) is 5.69 Å². The maximum Gasteiger partial charge on any atom is 0.271 e. The van der Waals surface area contributed by atoms with Gasteiger partial charge >= 0.3 is 0 Å². The van der Waals surface area contributed by atoms with Gasteiger partial charge < -0.3 is 9.73 Å². The highest BCUT2D eigenvalue weighted by Crippen LogP contribution is 2.23. The van der Waals surface area contributed by atoms with Crippen molar-refractivity contribution in [3.8, 4) is 11.3 Å². The van der Waals surface area contributed by atoms with Crippen molar-refractivity contribution >= 4 is 35.3 Å². The smallest absolute Gasteiger partial charge is 0.271 e. The molecule has 0 radical (unpaired) electrons. The number of furan rings is 1. The molecule has 2 aromatic carbocycles. The number of nitrogens with zero attached hydrogens (tertiary/aromatic N) is 1. The summed E-state index contributed by atoms with van der Waals surface area (Å²) >= 11 is 5.87. The molecule has 0 atom stereocenters. The molecule has 27 heavy (non-hydrogen) atoms. The zero-order chi connectivity index (χ0) is 19.2. The molecule has 0 spiro atoms. The second-order valence-electron chi connectivity index (χ2n) is 5.67. The second kappa shape index (κ2) is 8.33. The third-order valence-corrected chi connectivity index (χ3v) is 3.83. The number of nitrogens with one attached hydrogen (secondary N) is 2. The minimum atomic E-state index is -0.370. The summed E-state index contributed by atoms with van der Waals surface area (Å²) in [7, 11) is 0. The van der Waals surface area contributed by atoms with Crippen molar-refractivity contribution in [1.29, 1.82) is 0 Å². The Morgan fingerprint density at radius 3 is 2.37 bits per heavy atom. The van der Waals surface area contributed by atoms with Crippen molar-refractivity contribution in [3.05, 3.63) is 77.0 Å². The van der Waals surface area contributed by atoms with Crippen LogP contribution >= 0.6 is 11.6 Å². The van der Waals surface area contributed by atoms with Crippen molar-refractivity contribution in [1.82, 2.24) is 5.43 Å². The molecule has 1 aromatic heterocycles. The van der Waals surface area contributed by atoms with Gasteiger partial charge in [0.25, 0.3) is 5.91 Å². The van der Waals surface area contributed by atoms with Gasteiger partial charge in [-0.05, 0) is 60.7 Å². The van der Waals surface area contributed by atoms with E-state index in [0.717, 1.165) is 5.56 Å². The number of amides is 2. The number of anilines is 1. The minimum absolute atomic E-state index is 0.173. The Bertz CT molecular complexity index is 976. The van der Waals surface area contributed by atoms with Gasteiger partial charge in [-0.15, -0.1) is 0 Å². The maximum atomic E-state index is 12.1. The summed E-state index contributed by atoms with van der Waals surface area (Å²) in [5, 5.41) is 7.19. The van der Waals surface area contributed by atoms with Crippen LogP contribution in [0.15, 0.2) is 70.2 Å². The van der Waals surface area contributed by atoms with Crippen LogP contribution in [0.5, 0.6) is 0 Å². The summed E-state index contributed by atoms with van der Waals surface area (Å²) in [5.74, 6) is 0.632. The Hall–Kier alpha value is -3.38. The number of benzene rings is 2. The van der Waals surface area contributed by atoms with E-state index in [1.807, 2.05) is 18.2 Å². The molecule has 0 aliphatic rings. The van der Waals surface area contributed by atoms with E-state index in [4.69, 9.17) is 16.0 Å². The van der Waals surface area contributed by atoms with E-state index in [-0.39, 0.29) is 11.8 Å². The molecule has 3 rings (SSSR count). The van der Waals surface area contributed by atoms with E-state index < -0.39 is 0 Å². The summed E-state index contributed by atoms with van der Waals surface area (Å²) in [6.45, 7) is 1.42. The van der Waals surface area contributed by atoms with Gasteiger partial charge in [0.15, 0.2) is 0 Å². The molecule has 136 valence electrons. The van der Waals surface area contributed by atoms with Gasteiger partial charge in [-0.2, -0.15) is 5.10 Å². The van der Waals surface area contributed by atoms with E-state index in [0.29, 0.717) is 27.8 Å². The number of hydrogen-bond acceptors (Lipinski definition) is 4. The predicted octanol–water partition coefficient (Wildman–Crippen LogP) is 4.32. The molecule has 0 saturated heterocycles. The van der Waals surface area contributed by atoms with Gasteiger partial charge in [0.2, 0.25) is 5.91 Å². The molecule has 0 saturated carbocycles. The van der Waals surface area contributed by atoms with Crippen molar-refractivity contribution in [2.75, 3.05) is 5.32 Å². The fourth-order valence-corrected chi connectivity index (χ4v) is 2.44. The second-order valence-corrected chi connectivity index (χ2v) is 6.10. The molecule has 0 bridgehead atoms. The first kappa shape index (κ1) is 18.4. The normalized spacial score (nSPS) is 10.7. The summed E-state index contributed by atoms with van der Waals surface area (Å²) < 4.78 is 5.67. The lowest BCUT2D eigenvalue weighted by atomic mass is 10.2. The van der Waals surface area contributed by atoms with Gasteiger partial charge in [0, 0.05) is 28.8 Å². The number of halogens is 1. The Morgan fingerprint density at radius 1 is 1.00 bits per heavy atom. The van der Waals surface area contributed by atoms with Crippen molar-refractivity contribution in [2.24, 2.45) is 5.10 Å². The van der Waals surface area contributed by atoms with Crippen LogP contribution in [0, 0.1) is 0 Å². The molecule has 0 aliphatic carbocycles. The average Bonchev–Trinajstić information content (AvgIpc) is 3.11. The highest BCUT2D eigenvalue weighted by atomic mass is 35.5. The Labute approximate surface area is 160 Å². The van der Waals surface area contributed by atoms with Gasteiger partial charge in [0.1, 0.15) is 11.5 Å². The third kappa shape index (κ3) is 5.05. The van der Waals surface area contributed by atoms with Crippen LogP contribution < -0.4 is 10.7 Å². The number of rotatable bonds is 5. The monoisotopic (exact) mass is 381 g/mol. The summed E-state index contributed by atoms with van der Waals surface area (Å²) in [6, 6.07) is 17.3. The first-order valence-corrected chi connectivity index (χ1v) is 8.46. The van der Waals surface area contributed by atoms with E-state index in [1.165, 1.54) is 13.1 Å². The first-order valence-electron chi connectivity index (χ1n) is 8.08. The third-order valence-electron chi connectivity index (χ3n) is 3.58. The van der Waals surface area contributed by atoms with Gasteiger partial charge in [-0.1, -0.05) is 11.6 Å². The van der Waals surface area contributed by atoms with Crippen LogP contribution in [-0.4, -0.2) is 18.0 Å². The predicted molar refractivity (Wildman–Crippen MR) is 105 cm³/mol. The lowest BCUT2D eigenvalue weighted by Gasteiger charge is -2.03. The SMILES string of the molecule is CC(=O)Nc1ccc(C(=O)N/N=C\c2ccc(-c3ccc(Cl)cc3)o2)cc1. The van der Waals surface area contributed by atoms with E-state index in [1.54, 1.807) is 42.5 Å². The molecule has 2 amide bonds. The molecule has 1 heterocycles. The standard InChI is InChI=1S/C20H16ClN3O3/c1-13(25)23-17-8-4-15(5-9-17)20(26)24-22-12-18-10-11-19(27-18)14-2-6-16(21)7-3-14/h2-12H,1H3,(H,23,25)(H,24,26)/b22-12-.